The second kappa shape index (κ2) is 11.4. The topological polar surface area (TPSA) is 63.3 Å². The van der Waals surface area contributed by atoms with Gasteiger partial charge >= 0.3 is 31.1 Å². The van der Waals surface area contributed by atoms with Crippen molar-refractivity contribution in [2.24, 2.45) is 11.7 Å². The number of carbonyl (C=O) groups is 1. The summed E-state index contributed by atoms with van der Waals surface area (Å²) in [6.07, 6.45) is 8.53. The Kier molecular flexibility index (Phi) is 11.2. The van der Waals surface area contributed by atoms with Crippen LogP contribution in [0.1, 0.15) is 37.7 Å². The molecule has 0 saturated heterocycles. The molecule has 1 aromatic carbocycles. The molecule has 20 heavy (non-hydrogen) atoms. The maximum Gasteiger partial charge on any atom is 2.00 e. The van der Waals surface area contributed by atoms with E-state index in [-0.39, 0.29) is 31.1 Å². The second-order valence-electron chi connectivity index (χ2n) is 5.06. The van der Waals surface area contributed by atoms with Gasteiger partial charge in [0.05, 0.1) is 0 Å². The summed E-state index contributed by atoms with van der Waals surface area (Å²) in [6, 6.07) is 10.5. The Morgan fingerprint density at radius 1 is 1.35 bits per heavy atom. The van der Waals surface area contributed by atoms with Gasteiger partial charge in [0.25, 0.3) is 5.97 Å². The predicted molar refractivity (Wildman–Crippen MR) is 76.5 cm³/mol. The van der Waals surface area contributed by atoms with E-state index in [2.05, 4.69) is 25.1 Å². The number of carboxylic acid groups (broad SMARTS) is 1. The average Bonchev–Trinajstić information content (AvgIpc) is 2.41. The van der Waals surface area contributed by atoms with Gasteiger partial charge in [-0.15, -0.1) is 0 Å². The molecule has 1 unspecified atom stereocenters. The van der Waals surface area contributed by atoms with Crippen molar-refractivity contribution in [3.8, 4) is 0 Å². The third kappa shape index (κ3) is 8.79. The van der Waals surface area contributed by atoms with Crippen LogP contribution in [0.4, 0.5) is 0 Å². The Balaban J connectivity index is 0.000000448. The number of carboxylic acids is 1. The molecule has 2 rings (SSSR count). The molecule has 0 heterocycles. The fourth-order valence-electron chi connectivity index (χ4n) is 2.28. The average molecular weight is 499 g/mol. The Bertz CT molecular complexity index is 362. The van der Waals surface area contributed by atoms with Gasteiger partial charge in [0.1, 0.15) is 0 Å². The fourth-order valence-corrected chi connectivity index (χ4v) is 2.28. The number of nitrogens with two attached hydrogens (primary N) is 1. The van der Waals surface area contributed by atoms with Crippen LogP contribution in [0.25, 0.3) is 0 Å². The van der Waals surface area contributed by atoms with Crippen LogP contribution in [0.3, 0.4) is 0 Å². The van der Waals surface area contributed by atoms with E-state index >= 15 is 0 Å². The van der Waals surface area contributed by atoms with Crippen LogP contribution in [0.5, 0.6) is 0 Å². The van der Waals surface area contributed by atoms with E-state index in [4.69, 9.17) is 10.8 Å². The molecule has 1 fully saturated rings. The summed E-state index contributed by atoms with van der Waals surface area (Å²) in [5, 5.41) is 7.80. The van der Waals surface area contributed by atoms with Gasteiger partial charge in [-0.1, -0.05) is 32.1 Å². The van der Waals surface area contributed by atoms with E-state index in [1.807, 2.05) is 12.1 Å². The van der Waals surface area contributed by atoms with Gasteiger partial charge in [-0.3, -0.25) is 4.79 Å². The molecule has 3 N–H and O–H groups in total. The molecule has 0 aromatic heterocycles. The van der Waals surface area contributed by atoms with Crippen molar-refractivity contribution < 1.29 is 41.0 Å². The monoisotopic (exact) mass is 499 g/mol. The summed E-state index contributed by atoms with van der Waals surface area (Å²) < 4.78 is 0. The van der Waals surface area contributed by atoms with E-state index in [9.17, 15) is 4.79 Å². The van der Waals surface area contributed by atoms with Crippen molar-refractivity contribution in [2.75, 3.05) is 0 Å². The third-order valence-electron chi connectivity index (χ3n) is 3.35. The molecule has 0 aliphatic heterocycles. The Labute approximate surface area is 145 Å². The quantitative estimate of drug-likeness (QED) is 0.629. The number of hydrogen-bond acceptors (Lipinski definition) is 2. The molecule has 1 aromatic rings. The standard InChI is InChI=1S/C13H17.C3H6NO2.U/c1-3-7-12(8-4-1)11-13-9-5-2-6-10-13;1-2(4)3(5)6;/h5-6,9-10,12H,1,3-4,7-8,11H2;2H,1,4H2,(H,5,6);/q2*-1;+2. The molecule has 3 nitrogen and oxygen atoms in total. The van der Waals surface area contributed by atoms with Crippen LogP contribution in [-0.4, -0.2) is 17.1 Å². The van der Waals surface area contributed by atoms with Gasteiger partial charge in [0.15, 0.2) is 0 Å². The summed E-state index contributed by atoms with van der Waals surface area (Å²) >= 11 is 0. The zero-order chi connectivity index (χ0) is 14.1. The number of benzene rings is 1. The van der Waals surface area contributed by atoms with Crippen molar-refractivity contribution >= 4 is 5.97 Å². The molecule has 0 spiro atoms. The molecular weight excluding hydrogens is 476 g/mol. The van der Waals surface area contributed by atoms with Gasteiger partial charge in [-0.05, 0) is 18.4 Å². The number of rotatable bonds is 3. The first kappa shape index (κ1) is 19.7. The molecular formula is C16H23NO2U. The zero-order valence-corrected chi connectivity index (χ0v) is 16.0. The molecule has 1 atom stereocenters. The van der Waals surface area contributed by atoms with E-state index in [1.54, 1.807) is 0 Å². The van der Waals surface area contributed by atoms with Gasteiger partial charge < -0.3 is 17.8 Å². The van der Waals surface area contributed by atoms with Crippen molar-refractivity contribution in [1.82, 2.24) is 0 Å². The van der Waals surface area contributed by atoms with Crippen LogP contribution in [0, 0.1) is 50.0 Å². The minimum Gasteiger partial charge on any atom is -0.482 e. The van der Waals surface area contributed by atoms with Crippen LogP contribution >= 0.6 is 0 Å². The summed E-state index contributed by atoms with van der Waals surface area (Å²) in [4.78, 5) is 9.51. The minimum atomic E-state index is -1.07. The van der Waals surface area contributed by atoms with Crippen LogP contribution in [-0.2, 0) is 11.2 Å². The summed E-state index contributed by atoms with van der Waals surface area (Å²) in [5.41, 5.74) is 6.22. The third-order valence-corrected chi connectivity index (χ3v) is 3.35. The maximum atomic E-state index is 9.51. The van der Waals surface area contributed by atoms with Gasteiger partial charge in [0.2, 0.25) is 0 Å². The van der Waals surface area contributed by atoms with Crippen LogP contribution in [0.2, 0.25) is 0 Å². The molecule has 0 bridgehead atoms. The minimum absolute atomic E-state index is 0. The Morgan fingerprint density at radius 2 is 1.85 bits per heavy atom. The first-order valence-corrected chi connectivity index (χ1v) is 6.86. The first-order valence-electron chi connectivity index (χ1n) is 6.86. The molecule has 1 aliphatic carbocycles. The van der Waals surface area contributed by atoms with Crippen LogP contribution < -0.4 is 5.73 Å². The fraction of sp³-hybridized carbons (Fsp3) is 0.500. The largest absolute Gasteiger partial charge is 2.00 e. The van der Waals surface area contributed by atoms with E-state index in [0.29, 0.717) is 0 Å². The second-order valence-corrected chi connectivity index (χ2v) is 5.06. The summed E-state index contributed by atoms with van der Waals surface area (Å²) in [7, 11) is 0. The normalized spacial score (nSPS) is 16.3. The molecule has 1 aliphatic rings. The Morgan fingerprint density at radius 3 is 2.30 bits per heavy atom. The molecule has 0 amide bonds. The molecule has 1 saturated carbocycles. The zero-order valence-electron chi connectivity index (χ0n) is 11.8. The molecule has 4 heteroatoms. The van der Waals surface area contributed by atoms with Crippen LogP contribution in [0.15, 0.2) is 24.3 Å². The maximum absolute atomic E-state index is 9.51. The predicted octanol–water partition coefficient (Wildman–Crippen LogP) is 2.84. The van der Waals surface area contributed by atoms with E-state index in [1.165, 1.54) is 44.1 Å². The number of hydrogen-bond donors (Lipinski definition) is 2. The van der Waals surface area contributed by atoms with E-state index in [0.717, 1.165) is 5.92 Å². The molecule has 108 valence electrons. The number of aliphatic carboxylic acids is 1. The Hall–Kier alpha value is -0.298. The van der Waals surface area contributed by atoms with Gasteiger partial charge in [-0.25, -0.2) is 0 Å². The van der Waals surface area contributed by atoms with E-state index < -0.39 is 12.0 Å². The molecule has 0 radical (unpaired) electrons. The van der Waals surface area contributed by atoms with Gasteiger partial charge in [0, 0.05) is 0 Å². The van der Waals surface area contributed by atoms with Crippen molar-refractivity contribution in [3.63, 3.8) is 0 Å². The van der Waals surface area contributed by atoms with Crippen molar-refractivity contribution in [3.05, 3.63) is 42.8 Å². The van der Waals surface area contributed by atoms with Crippen molar-refractivity contribution in [2.45, 2.75) is 44.6 Å². The smallest absolute Gasteiger partial charge is 0.482 e. The summed E-state index contributed by atoms with van der Waals surface area (Å²) in [6.45, 7) is 3.02. The van der Waals surface area contributed by atoms with Crippen molar-refractivity contribution in [1.29, 1.82) is 0 Å². The first-order chi connectivity index (χ1) is 9.09. The van der Waals surface area contributed by atoms with Gasteiger partial charge in [-0.2, -0.15) is 35.9 Å². The SMILES string of the molecule is [CH2-]C(N)C(=O)O.[U+2].[c-]1ccc(CC2CCCCC2)cc1. The summed E-state index contributed by atoms with van der Waals surface area (Å²) in [5.74, 6) is -0.119.